The number of imide groups is 1. The monoisotopic (exact) mass is 518 g/mol. The van der Waals surface area contributed by atoms with E-state index in [1.54, 1.807) is 31.6 Å². The molecule has 2 aliphatic heterocycles. The van der Waals surface area contributed by atoms with Crippen molar-refractivity contribution in [3.63, 3.8) is 0 Å². The van der Waals surface area contributed by atoms with Crippen molar-refractivity contribution in [2.24, 2.45) is 0 Å². The average Bonchev–Trinajstić information content (AvgIpc) is 3.53. The molecule has 0 spiro atoms. The van der Waals surface area contributed by atoms with Crippen LogP contribution in [0.3, 0.4) is 0 Å². The van der Waals surface area contributed by atoms with Gasteiger partial charge in [-0.1, -0.05) is 25.5 Å². The van der Waals surface area contributed by atoms with E-state index in [-0.39, 0.29) is 11.8 Å². The van der Waals surface area contributed by atoms with Crippen molar-refractivity contribution in [3.8, 4) is 11.5 Å². The number of fused-ring (bicyclic) bond motifs is 1. The van der Waals surface area contributed by atoms with Gasteiger partial charge in [-0.3, -0.25) is 19.4 Å². The highest BCUT2D eigenvalue weighted by atomic mass is 32.1. The molecule has 5 rings (SSSR count). The Hall–Kier alpha value is -3.36. The molecular formula is C29H32N3O4S. The number of nitrogens with zero attached hydrogens (tertiary/aromatic N) is 3. The highest BCUT2D eigenvalue weighted by Crippen LogP contribution is 2.40. The van der Waals surface area contributed by atoms with Gasteiger partial charge >= 0.3 is 0 Å². The number of thiophene rings is 1. The molecule has 3 aromatic rings. The molecule has 1 radical (unpaired) electrons. The second-order valence-corrected chi connectivity index (χ2v) is 10.1. The van der Waals surface area contributed by atoms with Crippen molar-refractivity contribution in [3.05, 3.63) is 82.4 Å². The van der Waals surface area contributed by atoms with Crippen molar-refractivity contribution in [2.75, 3.05) is 45.3 Å². The Morgan fingerprint density at radius 3 is 2.43 bits per heavy atom. The highest BCUT2D eigenvalue weighted by Gasteiger charge is 2.42. The van der Waals surface area contributed by atoms with E-state index in [2.05, 4.69) is 33.6 Å². The maximum absolute atomic E-state index is 13.9. The molecule has 1 fully saturated rings. The molecule has 2 amide bonds. The molecule has 1 aromatic heterocycles. The largest absolute Gasteiger partial charge is 0.493 e. The van der Waals surface area contributed by atoms with Crippen LogP contribution in [0.5, 0.6) is 11.5 Å². The molecule has 193 valence electrons. The number of piperazine rings is 1. The average molecular weight is 519 g/mol. The number of hydrogen-bond donors (Lipinski definition) is 0. The first-order chi connectivity index (χ1) is 18.0. The summed E-state index contributed by atoms with van der Waals surface area (Å²) in [5.74, 6) is 0.657. The van der Waals surface area contributed by atoms with Crippen LogP contribution >= 0.6 is 11.3 Å². The summed E-state index contributed by atoms with van der Waals surface area (Å²) in [4.78, 5) is 33.6. The van der Waals surface area contributed by atoms with E-state index in [0.717, 1.165) is 44.0 Å². The number of amides is 2. The van der Waals surface area contributed by atoms with E-state index in [4.69, 9.17) is 9.47 Å². The molecule has 8 heteroatoms. The fraction of sp³-hybridized carbons (Fsp3) is 0.345. The first kappa shape index (κ1) is 25.3. The van der Waals surface area contributed by atoms with Crippen LogP contribution < -0.4 is 14.4 Å². The first-order valence-electron chi connectivity index (χ1n) is 12.6. The van der Waals surface area contributed by atoms with E-state index in [0.29, 0.717) is 35.5 Å². The minimum atomic E-state index is -0.444. The summed E-state index contributed by atoms with van der Waals surface area (Å²) in [7, 11) is 3.16. The number of benzene rings is 2. The van der Waals surface area contributed by atoms with Crippen molar-refractivity contribution in [2.45, 2.75) is 25.4 Å². The number of ether oxygens (including phenoxy) is 2. The molecule has 7 nitrogen and oxygen atoms in total. The number of methoxy groups -OCH3 is 2. The lowest BCUT2D eigenvalue weighted by atomic mass is 10.00. The molecule has 0 saturated carbocycles. The van der Waals surface area contributed by atoms with Gasteiger partial charge in [-0.15, -0.1) is 0 Å². The molecule has 2 aliphatic rings. The Balaban J connectivity index is 1.40. The Kier molecular flexibility index (Phi) is 7.48. The van der Waals surface area contributed by atoms with Gasteiger partial charge in [0, 0.05) is 32.7 Å². The Morgan fingerprint density at radius 2 is 1.76 bits per heavy atom. The smallest absolute Gasteiger partial charge is 0.264 e. The van der Waals surface area contributed by atoms with Crippen molar-refractivity contribution in [1.29, 1.82) is 0 Å². The molecular weight excluding hydrogens is 486 g/mol. The van der Waals surface area contributed by atoms with Crippen LogP contribution in [0, 0.1) is 6.92 Å². The van der Waals surface area contributed by atoms with Crippen LogP contribution in [-0.4, -0.2) is 62.0 Å². The maximum Gasteiger partial charge on any atom is 0.264 e. The standard InChI is InChI=1S/C29H32N3O4S/c1-4-6-23(21-9-10-25(35-2)26(17-21)36-3)32-28(33)22-7-5-8-24(27(22)29(32)34)31-14-12-30(13-15-31)18-20-11-16-37-19-20/h5,7-11,16-17,19,23H,1,4,6,12-15,18H2,2-3H3. The van der Waals surface area contributed by atoms with E-state index >= 15 is 0 Å². The van der Waals surface area contributed by atoms with Crippen LogP contribution in [0.2, 0.25) is 0 Å². The van der Waals surface area contributed by atoms with Crippen molar-refractivity contribution in [1.82, 2.24) is 9.80 Å². The van der Waals surface area contributed by atoms with Crippen molar-refractivity contribution >= 4 is 28.8 Å². The van der Waals surface area contributed by atoms with E-state index in [9.17, 15) is 9.59 Å². The fourth-order valence-electron chi connectivity index (χ4n) is 5.32. The first-order valence-corrected chi connectivity index (χ1v) is 13.5. The topological polar surface area (TPSA) is 62.3 Å². The normalized spacial score (nSPS) is 16.7. The van der Waals surface area contributed by atoms with Gasteiger partial charge in [-0.2, -0.15) is 11.3 Å². The fourth-order valence-corrected chi connectivity index (χ4v) is 5.98. The van der Waals surface area contributed by atoms with E-state index in [1.807, 2.05) is 30.3 Å². The number of carbonyl (C=O) groups is 2. The Bertz CT molecular complexity index is 1270. The molecule has 3 heterocycles. The summed E-state index contributed by atoms with van der Waals surface area (Å²) < 4.78 is 10.9. The summed E-state index contributed by atoms with van der Waals surface area (Å²) in [6, 6.07) is 12.9. The van der Waals surface area contributed by atoms with E-state index in [1.165, 1.54) is 10.5 Å². The molecule has 1 atom stereocenters. The molecule has 1 unspecified atom stereocenters. The molecule has 0 N–H and O–H groups in total. The van der Waals surface area contributed by atoms with Gasteiger partial charge in [-0.05, 0) is 58.6 Å². The van der Waals surface area contributed by atoms with Gasteiger partial charge in [0.25, 0.3) is 11.8 Å². The summed E-state index contributed by atoms with van der Waals surface area (Å²) >= 11 is 1.72. The quantitative estimate of drug-likeness (QED) is 0.370. The van der Waals surface area contributed by atoms with Gasteiger partial charge < -0.3 is 14.4 Å². The zero-order valence-corrected chi connectivity index (χ0v) is 22.1. The van der Waals surface area contributed by atoms with Gasteiger partial charge in [0.15, 0.2) is 11.5 Å². The predicted octanol–water partition coefficient (Wildman–Crippen LogP) is 5.04. The third kappa shape index (κ3) is 4.83. The lowest BCUT2D eigenvalue weighted by Gasteiger charge is -2.36. The third-order valence-corrected chi connectivity index (χ3v) is 7.94. The second-order valence-electron chi connectivity index (χ2n) is 9.35. The summed E-state index contributed by atoms with van der Waals surface area (Å²) in [5, 5.41) is 4.30. The molecule has 1 saturated heterocycles. The summed E-state index contributed by atoms with van der Waals surface area (Å²) in [6.07, 6.45) is 1.13. The Morgan fingerprint density at radius 1 is 0.973 bits per heavy atom. The lowest BCUT2D eigenvalue weighted by Crippen LogP contribution is -2.46. The van der Waals surface area contributed by atoms with Crippen LogP contribution in [0.25, 0.3) is 0 Å². The molecule has 0 aliphatic carbocycles. The number of carbonyl (C=O) groups excluding carboxylic acids is 2. The summed E-state index contributed by atoms with van der Waals surface area (Å²) in [5.41, 5.74) is 3.97. The predicted molar refractivity (Wildman–Crippen MR) is 146 cm³/mol. The maximum atomic E-state index is 13.9. The number of anilines is 1. The van der Waals surface area contributed by atoms with Crippen molar-refractivity contribution < 1.29 is 19.1 Å². The van der Waals surface area contributed by atoms with Gasteiger partial charge in [0.05, 0.1) is 37.1 Å². The zero-order valence-electron chi connectivity index (χ0n) is 21.3. The molecule has 37 heavy (non-hydrogen) atoms. The minimum Gasteiger partial charge on any atom is -0.493 e. The Labute approximate surface area is 222 Å². The van der Waals surface area contributed by atoms with E-state index < -0.39 is 6.04 Å². The number of hydrogen-bond acceptors (Lipinski definition) is 7. The number of rotatable bonds is 9. The zero-order chi connectivity index (χ0) is 25.9. The van der Waals surface area contributed by atoms with Crippen LogP contribution in [0.15, 0.2) is 53.2 Å². The minimum absolute atomic E-state index is 0.246. The van der Waals surface area contributed by atoms with Crippen LogP contribution in [0.1, 0.15) is 50.7 Å². The van der Waals surface area contributed by atoms with Gasteiger partial charge in [0.1, 0.15) is 0 Å². The summed E-state index contributed by atoms with van der Waals surface area (Å²) in [6.45, 7) is 8.36. The van der Waals surface area contributed by atoms with Gasteiger partial charge in [-0.25, -0.2) is 0 Å². The van der Waals surface area contributed by atoms with Crippen LogP contribution in [-0.2, 0) is 6.54 Å². The third-order valence-electron chi connectivity index (χ3n) is 7.21. The molecule has 0 bridgehead atoms. The van der Waals surface area contributed by atoms with Gasteiger partial charge in [0.2, 0.25) is 0 Å². The second kappa shape index (κ2) is 10.9. The molecule has 2 aromatic carbocycles. The highest BCUT2D eigenvalue weighted by molar-refractivity contribution is 7.07. The van der Waals surface area contributed by atoms with Crippen LogP contribution in [0.4, 0.5) is 5.69 Å². The lowest BCUT2D eigenvalue weighted by molar-refractivity contribution is 0.0574. The SMILES string of the molecule is [CH2]CCC(c1ccc(OC)c(OC)c1)N1C(=O)c2cccc(N3CCN(Cc4ccsc4)CC3)c2C1=O.